The topological polar surface area (TPSA) is 71.5 Å². The number of nitrogens with one attached hydrogen (secondary N) is 1. The maximum atomic E-state index is 13.1. The SMILES string of the molecule is CCc1ccc(-c2nc(C)c(C(=O)N(CC)CC(=O)Nc3ccccc3OC)s2)cc1. The van der Waals surface area contributed by atoms with Gasteiger partial charge in [-0.05, 0) is 38.0 Å². The summed E-state index contributed by atoms with van der Waals surface area (Å²) in [6.07, 6.45) is 0.975. The van der Waals surface area contributed by atoms with Crippen molar-refractivity contribution in [1.29, 1.82) is 0 Å². The second kappa shape index (κ2) is 10.2. The number of aryl methyl sites for hydroxylation is 2. The van der Waals surface area contributed by atoms with Gasteiger partial charge in [-0.25, -0.2) is 4.98 Å². The van der Waals surface area contributed by atoms with Crippen molar-refractivity contribution >= 4 is 28.8 Å². The maximum absolute atomic E-state index is 13.1. The number of amides is 2. The Balaban J connectivity index is 1.74. The molecule has 0 fully saturated rings. The summed E-state index contributed by atoms with van der Waals surface area (Å²) in [4.78, 5) is 32.4. The third-order valence-electron chi connectivity index (χ3n) is 4.98. The van der Waals surface area contributed by atoms with Crippen LogP contribution in [0.2, 0.25) is 0 Å². The van der Waals surface area contributed by atoms with Crippen molar-refractivity contribution in [2.24, 2.45) is 0 Å². The minimum atomic E-state index is -0.280. The Hall–Kier alpha value is -3.19. The van der Waals surface area contributed by atoms with E-state index in [1.54, 1.807) is 19.2 Å². The third kappa shape index (κ3) is 5.30. The molecular formula is C24H27N3O3S. The molecule has 162 valence electrons. The van der Waals surface area contributed by atoms with E-state index in [9.17, 15) is 9.59 Å². The Kier molecular flexibility index (Phi) is 7.41. The molecule has 0 spiro atoms. The lowest BCUT2D eigenvalue weighted by Crippen LogP contribution is -2.37. The Morgan fingerprint density at radius 3 is 2.45 bits per heavy atom. The summed E-state index contributed by atoms with van der Waals surface area (Å²) in [5.74, 6) is 0.101. The van der Waals surface area contributed by atoms with Gasteiger partial charge in [-0.15, -0.1) is 11.3 Å². The van der Waals surface area contributed by atoms with Gasteiger partial charge in [0.25, 0.3) is 5.91 Å². The highest BCUT2D eigenvalue weighted by Crippen LogP contribution is 2.29. The normalized spacial score (nSPS) is 10.6. The number of carbonyl (C=O) groups excluding carboxylic acids is 2. The minimum Gasteiger partial charge on any atom is -0.495 e. The van der Waals surface area contributed by atoms with Gasteiger partial charge in [-0.2, -0.15) is 0 Å². The Labute approximate surface area is 186 Å². The van der Waals surface area contributed by atoms with Crippen LogP contribution < -0.4 is 10.1 Å². The van der Waals surface area contributed by atoms with Crippen molar-refractivity contribution in [3.8, 4) is 16.3 Å². The number of hydrogen-bond donors (Lipinski definition) is 1. The summed E-state index contributed by atoms with van der Waals surface area (Å²) in [6, 6.07) is 15.4. The highest BCUT2D eigenvalue weighted by Gasteiger charge is 2.23. The van der Waals surface area contributed by atoms with Crippen molar-refractivity contribution in [1.82, 2.24) is 9.88 Å². The number of aromatic nitrogens is 1. The molecule has 3 aromatic rings. The first kappa shape index (κ1) is 22.5. The predicted octanol–water partition coefficient (Wildman–Crippen LogP) is 4.79. The first-order chi connectivity index (χ1) is 15.0. The number of rotatable bonds is 8. The molecule has 0 aliphatic carbocycles. The zero-order valence-corrected chi connectivity index (χ0v) is 19.1. The molecule has 0 aliphatic heterocycles. The summed E-state index contributed by atoms with van der Waals surface area (Å²) >= 11 is 1.36. The van der Waals surface area contributed by atoms with Gasteiger partial charge in [0.15, 0.2) is 0 Å². The third-order valence-corrected chi connectivity index (χ3v) is 6.18. The fourth-order valence-corrected chi connectivity index (χ4v) is 4.22. The Morgan fingerprint density at radius 2 is 1.81 bits per heavy atom. The number of ether oxygens (including phenoxy) is 1. The van der Waals surface area contributed by atoms with Crippen LogP contribution in [0, 0.1) is 6.92 Å². The van der Waals surface area contributed by atoms with Gasteiger partial charge >= 0.3 is 0 Å². The number of para-hydroxylation sites is 2. The van der Waals surface area contributed by atoms with Gasteiger partial charge in [0.05, 0.1) is 18.5 Å². The Bertz CT molecular complexity index is 1060. The van der Waals surface area contributed by atoms with Crippen LogP contribution >= 0.6 is 11.3 Å². The van der Waals surface area contributed by atoms with E-state index in [0.717, 1.165) is 17.0 Å². The summed E-state index contributed by atoms with van der Waals surface area (Å²) < 4.78 is 5.27. The minimum absolute atomic E-state index is 0.0503. The highest BCUT2D eigenvalue weighted by atomic mass is 32.1. The molecule has 1 N–H and O–H groups in total. The lowest BCUT2D eigenvalue weighted by molar-refractivity contribution is -0.116. The fraction of sp³-hybridized carbons (Fsp3) is 0.292. The molecule has 0 aliphatic rings. The predicted molar refractivity (Wildman–Crippen MR) is 125 cm³/mol. The zero-order valence-electron chi connectivity index (χ0n) is 18.3. The second-order valence-electron chi connectivity index (χ2n) is 7.05. The monoisotopic (exact) mass is 437 g/mol. The first-order valence-electron chi connectivity index (χ1n) is 10.3. The number of carbonyl (C=O) groups is 2. The van der Waals surface area contributed by atoms with E-state index in [-0.39, 0.29) is 18.4 Å². The van der Waals surface area contributed by atoms with Crippen molar-refractivity contribution in [3.63, 3.8) is 0 Å². The Morgan fingerprint density at radius 1 is 1.10 bits per heavy atom. The van der Waals surface area contributed by atoms with E-state index in [1.807, 2.05) is 38.1 Å². The summed E-state index contributed by atoms with van der Waals surface area (Å²) in [6.45, 7) is 6.16. The standard InChI is InChI=1S/C24H27N3O3S/c1-5-17-11-13-18(14-12-17)23-25-16(3)22(31-23)24(29)27(6-2)15-21(28)26-19-9-7-8-10-20(19)30-4/h7-14H,5-6,15H2,1-4H3,(H,26,28). The van der Waals surface area contributed by atoms with E-state index in [2.05, 4.69) is 29.4 Å². The van der Waals surface area contributed by atoms with Crippen LogP contribution in [-0.4, -0.2) is 41.9 Å². The number of likely N-dealkylation sites (N-methyl/N-ethyl adjacent to an activating group) is 1. The first-order valence-corrected chi connectivity index (χ1v) is 11.1. The van der Waals surface area contributed by atoms with Crippen molar-refractivity contribution in [2.75, 3.05) is 25.5 Å². The lowest BCUT2D eigenvalue weighted by atomic mass is 10.1. The second-order valence-corrected chi connectivity index (χ2v) is 8.05. The highest BCUT2D eigenvalue weighted by molar-refractivity contribution is 7.17. The number of thiazole rings is 1. The van der Waals surface area contributed by atoms with Gasteiger partial charge in [-0.3, -0.25) is 9.59 Å². The van der Waals surface area contributed by atoms with Crippen LogP contribution in [-0.2, 0) is 11.2 Å². The molecule has 7 heteroatoms. The van der Waals surface area contributed by atoms with E-state index in [1.165, 1.54) is 21.8 Å². The van der Waals surface area contributed by atoms with Crippen LogP contribution in [0.15, 0.2) is 48.5 Å². The van der Waals surface area contributed by atoms with Gasteiger partial charge in [0.1, 0.15) is 22.2 Å². The quantitative estimate of drug-likeness (QED) is 0.550. The fourth-order valence-electron chi connectivity index (χ4n) is 3.18. The molecule has 2 amide bonds. The number of benzene rings is 2. The largest absolute Gasteiger partial charge is 0.495 e. The molecule has 1 aromatic heterocycles. The molecule has 0 saturated carbocycles. The summed E-state index contributed by atoms with van der Waals surface area (Å²) in [7, 11) is 1.55. The lowest BCUT2D eigenvalue weighted by Gasteiger charge is -2.20. The smallest absolute Gasteiger partial charge is 0.266 e. The number of methoxy groups -OCH3 is 1. The zero-order chi connectivity index (χ0) is 22.4. The average molecular weight is 438 g/mol. The molecular weight excluding hydrogens is 410 g/mol. The molecule has 0 bridgehead atoms. The molecule has 0 atom stereocenters. The van der Waals surface area contributed by atoms with Gasteiger partial charge < -0.3 is 15.0 Å². The van der Waals surface area contributed by atoms with Crippen LogP contribution in [0.5, 0.6) is 5.75 Å². The van der Waals surface area contributed by atoms with Crippen molar-refractivity contribution < 1.29 is 14.3 Å². The summed E-state index contributed by atoms with van der Waals surface area (Å²) in [5.41, 5.74) is 3.49. The van der Waals surface area contributed by atoms with E-state index >= 15 is 0 Å². The number of nitrogens with zero attached hydrogens (tertiary/aromatic N) is 2. The molecule has 31 heavy (non-hydrogen) atoms. The molecule has 2 aromatic carbocycles. The molecule has 3 rings (SSSR count). The average Bonchev–Trinajstić information content (AvgIpc) is 3.19. The van der Waals surface area contributed by atoms with Crippen molar-refractivity contribution in [3.05, 3.63) is 64.7 Å². The van der Waals surface area contributed by atoms with E-state index < -0.39 is 0 Å². The maximum Gasteiger partial charge on any atom is 0.266 e. The van der Waals surface area contributed by atoms with E-state index in [4.69, 9.17) is 4.74 Å². The van der Waals surface area contributed by atoms with Crippen LogP contribution in [0.25, 0.3) is 10.6 Å². The van der Waals surface area contributed by atoms with Crippen LogP contribution in [0.3, 0.4) is 0 Å². The van der Waals surface area contributed by atoms with Crippen LogP contribution in [0.1, 0.15) is 34.8 Å². The molecule has 0 unspecified atom stereocenters. The van der Waals surface area contributed by atoms with Crippen LogP contribution in [0.4, 0.5) is 5.69 Å². The molecule has 0 saturated heterocycles. The van der Waals surface area contributed by atoms with Crippen molar-refractivity contribution in [2.45, 2.75) is 27.2 Å². The van der Waals surface area contributed by atoms with Gasteiger partial charge in [-0.1, -0.05) is 43.3 Å². The molecule has 0 radical (unpaired) electrons. The van der Waals surface area contributed by atoms with Gasteiger partial charge in [0, 0.05) is 12.1 Å². The molecule has 6 nitrogen and oxygen atoms in total. The number of anilines is 1. The van der Waals surface area contributed by atoms with Gasteiger partial charge in [0.2, 0.25) is 5.91 Å². The van der Waals surface area contributed by atoms with E-state index in [0.29, 0.717) is 28.6 Å². The number of hydrogen-bond acceptors (Lipinski definition) is 5. The summed E-state index contributed by atoms with van der Waals surface area (Å²) in [5, 5.41) is 3.62. The molecule has 1 heterocycles.